The van der Waals surface area contributed by atoms with Crippen LogP contribution in [0.5, 0.6) is 0 Å². The summed E-state index contributed by atoms with van der Waals surface area (Å²) < 4.78 is 0. The molecule has 0 aromatic rings. The Morgan fingerprint density at radius 3 is 1.57 bits per heavy atom. The smallest absolute Gasteiger partial charge is 0.139 e. The molecule has 0 saturated carbocycles. The van der Waals surface area contributed by atoms with Crippen LogP contribution in [-0.4, -0.2) is 11.6 Å². The number of ketones is 2. The van der Waals surface area contributed by atoms with E-state index in [1.165, 1.54) is 0 Å². The van der Waals surface area contributed by atoms with Crippen molar-refractivity contribution in [2.24, 2.45) is 0 Å². The van der Waals surface area contributed by atoms with Crippen LogP contribution in [-0.2, 0) is 9.59 Å². The molecule has 0 bridgehead atoms. The summed E-state index contributed by atoms with van der Waals surface area (Å²) in [6, 6.07) is 0. The van der Waals surface area contributed by atoms with E-state index in [1.807, 2.05) is 0 Å². The van der Waals surface area contributed by atoms with Crippen molar-refractivity contribution in [3.63, 3.8) is 0 Å². The molecule has 0 aliphatic carbocycles. The van der Waals surface area contributed by atoms with E-state index in [0.29, 0.717) is 6.42 Å². The average Bonchev–Trinajstić information content (AvgIpc) is 1.87. The van der Waals surface area contributed by atoms with E-state index in [9.17, 15) is 9.59 Å². The van der Waals surface area contributed by atoms with Crippen molar-refractivity contribution in [1.29, 1.82) is 0 Å². The Morgan fingerprint density at radius 1 is 1.00 bits per heavy atom. The SMILES string of the molecule is [CH2-]CC(=O)CC(=O)CC.[CH3-].[CH3-].[CH3-].[CH3-].[La]. The maximum absolute atomic E-state index is 10.5. The van der Waals surface area contributed by atoms with Gasteiger partial charge in [-0.15, -0.1) is 6.42 Å². The van der Waals surface area contributed by atoms with Crippen LogP contribution >= 0.6 is 0 Å². The third-order valence-corrected chi connectivity index (χ3v) is 1.07. The Bertz CT molecular complexity index is 108. The molecule has 0 saturated heterocycles. The summed E-state index contributed by atoms with van der Waals surface area (Å²) in [5.41, 5.74) is 0. The molecule has 0 heterocycles. The first-order chi connectivity index (χ1) is 4.20. The van der Waals surface area contributed by atoms with Crippen LogP contribution in [0.3, 0.4) is 0 Å². The van der Waals surface area contributed by atoms with Gasteiger partial charge in [0.1, 0.15) is 11.6 Å². The normalized spacial score (nSPS) is 5.86. The molecule has 2 nitrogen and oxygen atoms in total. The molecule has 14 heavy (non-hydrogen) atoms. The molecule has 0 aromatic heterocycles. The van der Waals surface area contributed by atoms with Crippen molar-refractivity contribution in [1.82, 2.24) is 0 Å². The van der Waals surface area contributed by atoms with Gasteiger partial charge in [0.2, 0.25) is 0 Å². The zero-order valence-corrected chi connectivity index (χ0v) is 13.8. The number of rotatable bonds is 4. The van der Waals surface area contributed by atoms with Crippen molar-refractivity contribution in [2.45, 2.75) is 26.2 Å². The fourth-order valence-corrected chi connectivity index (χ4v) is 0.433. The number of hydrogen-bond donors (Lipinski definition) is 0. The maximum atomic E-state index is 10.5. The summed E-state index contributed by atoms with van der Waals surface area (Å²) >= 11 is 0. The molecule has 87 valence electrons. The maximum Gasteiger partial charge on any atom is 0.139 e. The summed E-state index contributed by atoms with van der Waals surface area (Å²) in [4.78, 5) is 21.0. The number of hydrogen-bond acceptors (Lipinski definition) is 2. The second kappa shape index (κ2) is 23.4. The summed E-state index contributed by atoms with van der Waals surface area (Å²) in [6.07, 6.45) is 0.747. The molecular formula is C11H23LaO2-5. The molecule has 0 fully saturated rings. The van der Waals surface area contributed by atoms with Gasteiger partial charge in [-0.3, -0.25) is 4.79 Å². The fourth-order valence-electron chi connectivity index (χ4n) is 0.433. The van der Waals surface area contributed by atoms with Crippen molar-refractivity contribution >= 4 is 11.6 Å². The zero-order chi connectivity index (χ0) is 7.28. The second-order valence-corrected chi connectivity index (χ2v) is 1.86. The van der Waals surface area contributed by atoms with E-state index >= 15 is 0 Å². The van der Waals surface area contributed by atoms with Crippen LogP contribution in [0.1, 0.15) is 26.2 Å². The quantitative estimate of drug-likeness (QED) is 0.588. The molecule has 1 radical (unpaired) electrons. The third kappa shape index (κ3) is 22.9. The van der Waals surface area contributed by atoms with E-state index in [1.54, 1.807) is 6.92 Å². The van der Waals surface area contributed by atoms with Gasteiger partial charge in [-0.05, 0) is 0 Å². The molecule has 0 aliphatic rings. The molecule has 0 spiro atoms. The summed E-state index contributed by atoms with van der Waals surface area (Å²) in [5, 5.41) is 0. The second-order valence-electron chi connectivity index (χ2n) is 1.86. The molecule has 3 heteroatoms. The minimum atomic E-state index is -0.0677. The van der Waals surface area contributed by atoms with Gasteiger partial charge in [0.25, 0.3) is 0 Å². The van der Waals surface area contributed by atoms with Gasteiger partial charge in [-0.2, -0.15) is 0 Å². The van der Waals surface area contributed by atoms with Crippen LogP contribution in [0.4, 0.5) is 0 Å². The van der Waals surface area contributed by atoms with Gasteiger partial charge in [0.15, 0.2) is 0 Å². The Hall–Kier alpha value is 0.535. The van der Waals surface area contributed by atoms with Crippen LogP contribution in [0.2, 0.25) is 0 Å². The first kappa shape index (κ1) is 36.6. The van der Waals surface area contributed by atoms with Gasteiger partial charge in [0.05, 0.1) is 6.42 Å². The molecule has 0 unspecified atom stereocenters. The van der Waals surface area contributed by atoms with Crippen molar-refractivity contribution in [3.05, 3.63) is 36.6 Å². The van der Waals surface area contributed by atoms with E-state index in [4.69, 9.17) is 0 Å². The van der Waals surface area contributed by atoms with Crippen LogP contribution in [0, 0.1) is 72.2 Å². The zero-order valence-electron chi connectivity index (χ0n) is 10.2. The largest absolute Gasteiger partial charge is 0.358 e. The first-order valence-electron chi connectivity index (χ1n) is 3.03. The third-order valence-electron chi connectivity index (χ3n) is 1.07. The van der Waals surface area contributed by atoms with Crippen LogP contribution in [0.15, 0.2) is 0 Å². The van der Waals surface area contributed by atoms with Crippen molar-refractivity contribution in [2.75, 3.05) is 0 Å². The molecule has 0 atom stereocenters. The fraction of sp³-hybridized carbons (Fsp3) is 0.364. The Kier molecular flexibility index (Phi) is 61.1. The van der Waals surface area contributed by atoms with Gasteiger partial charge in [-0.1, -0.05) is 6.92 Å². The molecule has 0 amide bonds. The number of Topliss-reactive ketones (excluding diaryl/α,β-unsaturated/α-hetero) is 2. The molecule has 0 aromatic carbocycles. The number of carbonyl (C=O) groups is 2. The topological polar surface area (TPSA) is 34.1 Å². The Morgan fingerprint density at radius 2 is 1.36 bits per heavy atom. The predicted octanol–water partition coefficient (Wildman–Crippen LogP) is 2.95. The monoisotopic (exact) mass is 326 g/mol. The summed E-state index contributed by atoms with van der Waals surface area (Å²) in [5.74, 6) is -0.0644. The Labute approximate surface area is 119 Å². The molecule has 0 N–H and O–H groups in total. The standard InChI is InChI=1S/C7H11O2.4CH3.La/c1-3-6(8)5-7(9)4-2;;;;;/h1,3-5H2,2H3;4*1H3;/q5*-1;. The first-order valence-corrected chi connectivity index (χ1v) is 3.03. The predicted molar refractivity (Wildman–Crippen MR) is 60.6 cm³/mol. The average molecular weight is 326 g/mol. The molecule has 0 aliphatic heterocycles. The van der Waals surface area contributed by atoms with E-state index in [-0.39, 0.29) is 89.7 Å². The van der Waals surface area contributed by atoms with Gasteiger partial charge in [0, 0.05) is 42.0 Å². The minimum Gasteiger partial charge on any atom is -0.358 e. The van der Waals surface area contributed by atoms with Gasteiger partial charge in [-0.25, -0.2) is 0 Å². The van der Waals surface area contributed by atoms with Crippen molar-refractivity contribution < 1.29 is 45.2 Å². The van der Waals surface area contributed by atoms with Crippen LogP contribution in [0.25, 0.3) is 0 Å². The summed E-state index contributed by atoms with van der Waals surface area (Å²) in [7, 11) is 0. The van der Waals surface area contributed by atoms with Crippen molar-refractivity contribution in [3.8, 4) is 0 Å². The van der Waals surface area contributed by atoms with E-state index < -0.39 is 0 Å². The Balaban J connectivity index is -0.0000000320. The van der Waals surface area contributed by atoms with Gasteiger partial charge < -0.3 is 41.4 Å². The molecule has 0 rings (SSSR count). The minimum absolute atomic E-state index is 0. The van der Waals surface area contributed by atoms with Crippen LogP contribution < -0.4 is 0 Å². The van der Waals surface area contributed by atoms with E-state index in [2.05, 4.69) is 6.92 Å². The summed E-state index contributed by atoms with van der Waals surface area (Å²) in [6.45, 7) is 5.12. The molecular weight excluding hydrogens is 303 g/mol. The van der Waals surface area contributed by atoms with Gasteiger partial charge >= 0.3 is 0 Å². The van der Waals surface area contributed by atoms with E-state index in [0.717, 1.165) is 0 Å². The number of carbonyl (C=O) groups excluding carboxylic acids is 2.